The normalized spacial score (nSPS) is 25.8. The quantitative estimate of drug-likeness (QED) is 0.770. The molecule has 0 amide bonds. The predicted molar refractivity (Wildman–Crippen MR) is 74.3 cm³/mol. The molecule has 2 heterocycles. The molecule has 0 radical (unpaired) electrons. The molecule has 0 saturated carbocycles. The van der Waals surface area contributed by atoms with E-state index in [9.17, 15) is 0 Å². The van der Waals surface area contributed by atoms with E-state index in [1.807, 2.05) is 6.92 Å². The van der Waals surface area contributed by atoms with Crippen LogP contribution in [0.2, 0.25) is 0 Å². The molecule has 114 valence electrons. The zero-order valence-electron chi connectivity index (χ0n) is 12.6. The smallest absolute Gasteiger partial charge is 0.232 e. The third-order valence-corrected chi connectivity index (χ3v) is 3.63. The SMILES string of the molecule is CCCOCC(C)(N)c1noc(C2CCOC2CC)n1. The van der Waals surface area contributed by atoms with Crippen molar-refractivity contribution in [2.75, 3.05) is 19.8 Å². The molecule has 0 aromatic carbocycles. The topological polar surface area (TPSA) is 83.4 Å². The predicted octanol–water partition coefficient (Wildman–Crippen LogP) is 1.95. The van der Waals surface area contributed by atoms with Crippen LogP contribution in [0.3, 0.4) is 0 Å². The van der Waals surface area contributed by atoms with Crippen molar-refractivity contribution in [1.82, 2.24) is 10.1 Å². The number of hydrogen-bond acceptors (Lipinski definition) is 6. The maximum Gasteiger partial charge on any atom is 0.232 e. The van der Waals surface area contributed by atoms with Gasteiger partial charge in [-0.2, -0.15) is 4.98 Å². The second-order valence-corrected chi connectivity index (χ2v) is 5.64. The molecule has 3 atom stereocenters. The Labute approximate surface area is 120 Å². The summed E-state index contributed by atoms with van der Waals surface area (Å²) in [6, 6.07) is 0. The maximum atomic E-state index is 6.22. The van der Waals surface area contributed by atoms with Gasteiger partial charge < -0.3 is 19.7 Å². The van der Waals surface area contributed by atoms with E-state index in [1.54, 1.807) is 0 Å². The van der Waals surface area contributed by atoms with Crippen molar-refractivity contribution in [3.63, 3.8) is 0 Å². The molecule has 2 N–H and O–H groups in total. The Morgan fingerprint density at radius 1 is 1.45 bits per heavy atom. The number of ether oxygens (including phenoxy) is 2. The van der Waals surface area contributed by atoms with Crippen LogP contribution in [-0.2, 0) is 15.0 Å². The van der Waals surface area contributed by atoms with Gasteiger partial charge in [0, 0.05) is 13.2 Å². The summed E-state index contributed by atoms with van der Waals surface area (Å²) in [7, 11) is 0. The monoisotopic (exact) mass is 283 g/mol. The van der Waals surface area contributed by atoms with Gasteiger partial charge in [0.25, 0.3) is 0 Å². The Hall–Kier alpha value is -0.980. The van der Waals surface area contributed by atoms with E-state index in [2.05, 4.69) is 24.0 Å². The maximum absolute atomic E-state index is 6.22. The van der Waals surface area contributed by atoms with Crippen LogP contribution < -0.4 is 5.73 Å². The van der Waals surface area contributed by atoms with Crippen molar-refractivity contribution in [1.29, 1.82) is 0 Å². The molecule has 1 aliphatic rings. The van der Waals surface area contributed by atoms with E-state index in [4.69, 9.17) is 19.7 Å². The number of nitrogens with two attached hydrogens (primary N) is 1. The Balaban J connectivity index is 2.04. The summed E-state index contributed by atoms with van der Waals surface area (Å²) in [6.45, 7) is 7.85. The fourth-order valence-electron chi connectivity index (χ4n) is 2.44. The minimum absolute atomic E-state index is 0.170. The van der Waals surface area contributed by atoms with Crippen LogP contribution in [0.25, 0.3) is 0 Å². The van der Waals surface area contributed by atoms with Gasteiger partial charge in [0.2, 0.25) is 5.89 Å². The van der Waals surface area contributed by atoms with Crippen molar-refractivity contribution in [3.05, 3.63) is 11.7 Å². The van der Waals surface area contributed by atoms with Gasteiger partial charge in [0.1, 0.15) is 5.54 Å². The first-order valence-corrected chi connectivity index (χ1v) is 7.40. The molecule has 1 aliphatic heterocycles. The molecule has 0 spiro atoms. The summed E-state index contributed by atoms with van der Waals surface area (Å²) >= 11 is 0. The van der Waals surface area contributed by atoms with Crippen molar-refractivity contribution in [3.8, 4) is 0 Å². The molecule has 0 aliphatic carbocycles. The van der Waals surface area contributed by atoms with Gasteiger partial charge in [-0.3, -0.25) is 0 Å². The van der Waals surface area contributed by atoms with Crippen LogP contribution in [-0.4, -0.2) is 36.1 Å². The Morgan fingerprint density at radius 3 is 2.95 bits per heavy atom. The number of nitrogens with zero attached hydrogens (tertiary/aromatic N) is 2. The summed E-state index contributed by atoms with van der Waals surface area (Å²) in [5.74, 6) is 1.33. The third kappa shape index (κ3) is 3.37. The summed E-state index contributed by atoms with van der Waals surface area (Å²) in [5, 5.41) is 4.03. The first-order chi connectivity index (χ1) is 9.58. The Kier molecular flexibility index (Phi) is 5.12. The van der Waals surface area contributed by atoms with E-state index in [1.165, 1.54) is 0 Å². The second kappa shape index (κ2) is 6.65. The standard InChI is InChI=1S/C14H25N3O3/c1-4-7-18-9-14(3,15)13-16-12(20-17-13)10-6-8-19-11(10)5-2/h10-11H,4-9,15H2,1-3H3. The van der Waals surface area contributed by atoms with Crippen LogP contribution in [0.5, 0.6) is 0 Å². The van der Waals surface area contributed by atoms with Gasteiger partial charge in [-0.05, 0) is 26.2 Å². The molecule has 1 fully saturated rings. The van der Waals surface area contributed by atoms with Crippen molar-refractivity contribution >= 4 is 0 Å². The Morgan fingerprint density at radius 2 is 2.25 bits per heavy atom. The van der Waals surface area contributed by atoms with E-state index in [0.717, 1.165) is 25.9 Å². The molecule has 20 heavy (non-hydrogen) atoms. The van der Waals surface area contributed by atoms with Crippen LogP contribution >= 0.6 is 0 Å². The van der Waals surface area contributed by atoms with Gasteiger partial charge >= 0.3 is 0 Å². The van der Waals surface area contributed by atoms with E-state index in [0.29, 0.717) is 24.9 Å². The highest BCUT2D eigenvalue weighted by molar-refractivity contribution is 5.06. The molecule has 3 unspecified atom stereocenters. The van der Waals surface area contributed by atoms with Crippen molar-refractivity contribution in [2.24, 2.45) is 5.73 Å². The average molecular weight is 283 g/mol. The van der Waals surface area contributed by atoms with Crippen molar-refractivity contribution < 1.29 is 14.0 Å². The van der Waals surface area contributed by atoms with Crippen LogP contribution in [0, 0.1) is 0 Å². The molecular weight excluding hydrogens is 258 g/mol. The molecule has 1 aromatic heterocycles. The lowest BCUT2D eigenvalue weighted by atomic mass is 9.99. The molecule has 1 saturated heterocycles. The lowest BCUT2D eigenvalue weighted by Gasteiger charge is -2.20. The highest BCUT2D eigenvalue weighted by atomic mass is 16.5. The summed E-state index contributed by atoms with van der Waals surface area (Å²) < 4.78 is 16.6. The van der Waals surface area contributed by atoms with Gasteiger partial charge in [-0.1, -0.05) is 19.0 Å². The van der Waals surface area contributed by atoms with Crippen LogP contribution in [0.4, 0.5) is 0 Å². The minimum Gasteiger partial charge on any atom is -0.379 e. The molecule has 6 heteroatoms. The zero-order valence-corrected chi connectivity index (χ0v) is 12.6. The van der Waals surface area contributed by atoms with Gasteiger partial charge in [-0.25, -0.2) is 0 Å². The number of hydrogen-bond donors (Lipinski definition) is 1. The molecule has 0 bridgehead atoms. The van der Waals surface area contributed by atoms with Crippen LogP contribution in [0.1, 0.15) is 57.7 Å². The molecule has 6 nitrogen and oxygen atoms in total. The summed E-state index contributed by atoms with van der Waals surface area (Å²) in [4.78, 5) is 4.48. The van der Waals surface area contributed by atoms with E-state index >= 15 is 0 Å². The third-order valence-electron chi connectivity index (χ3n) is 3.63. The number of aromatic nitrogens is 2. The first kappa shape index (κ1) is 15.4. The molecule has 2 rings (SSSR count). The van der Waals surface area contributed by atoms with E-state index in [-0.39, 0.29) is 12.0 Å². The van der Waals surface area contributed by atoms with Crippen molar-refractivity contribution in [2.45, 2.75) is 57.6 Å². The average Bonchev–Trinajstić information content (AvgIpc) is 3.07. The lowest BCUT2D eigenvalue weighted by Crippen LogP contribution is -2.39. The highest BCUT2D eigenvalue weighted by Crippen LogP contribution is 2.32. The highest BCUT2D eigenvalue weighted by Gasteiger charge is 2.35. The number of rotatable bonds is 7. The lowest BCUT2D eigenvalue weighted by molar-refractivity contribution is 0.0867. The molecule has 1 aromatic rings. The van der Waals surface area contributed by atoms with Gasteiger partial charge in [-0.15, -0.1) is 0 Å². The summed E-state index contributed by atoms with van der Waals surface area (Å²) in [6.07, 6.45) is 3.00. The second-order valence-electron chi connectivity index (χ2n) is 5.64. The van der Waals surface area contributed by atoms with Gasteiger partial charge in [0.15, 0.2) is 5.82 Å². The largest absolute Gasteiger partial charge is 0.379 e. The van der Waals surface area contributed by atoms with Crippen LogP contribution in [0.15, 0.2) is 4.52 Å². The first-order valence-electron chi connectivity index (χ1n) is 7.40. The fourth-order valence-corrected chi connectivity index (χ4v) is 2.44. The fraction of sp³-hybridized carbons (Fsp3) is 0.857. The zero-order chi connectivity index (χ0) is 14.6. The Bertz CT molecular complexity index is 420. The minimum atomic E-state index is -0.724. The van der Waals surface area contributed by atoms with Gasteiger partial charge in [0.05, 0.1) is 18.6 Å². The van der Waals surface area contributed by atoms with E-state index < -0.39 is 5.54 Å². The summed E-state index contributed by atoms with van der Waals surface area (Å²) in [5.41, 5.74) is 5.49. The molecular formula is C14H25N3O3.